The normalized spacial score (nSPS) is 11.4. The van der Waals surface area contributed by atoms with Gasteiger partial charge in [0.15, 0.2) is 0 Å². The molecule has 0 radical (unpaired) electrons. The fourth-order valence-electron chi connectivity index (χ4n) is 0.728. The predicted octanol–water partition coefficient (Wildman–Crippen LogP) is 1.75. The van der Waals surface area contributed by atoms with Crippen molar-refractivity contribution < 1.29 is 9.32 Å². The monoisotopic (exact) mass is 163 g/mol. The van der Waals surface area contributed by atoms with Gasteiger partial charge in [-0.05, 0) is 19.1 Å². The molecule has 0 spiro atoms. The molecule has 1 aromatic heterocycles. The Balaban J connectivity index is 2.57. The zero-order chi connectivity index (χ0) is 8.81. The Morgan fingerprint density at radius 3 is 2.83 bits per heavy atom. The summed E-state index contributed by atoms with van der Waals surface area (Å²) < 4.78 is 4.83. The van der Waals surface area contributed by atoms with E-state index in [2.05, 4.69) is 5.16 Å². The lowest BCUT2D eigenvalue weighted by atomic mass is 10.3. The van der Waals surface area contributed by atoms with Gasteiger partial charge in [0, 0.05) is 6.07 Å². The molecule has 0 atom stereocenters. The molecule has 0 saturated carbocycles. The molecule has 0 aliphatic carbocycles. The van der Waals surface area contributed by atoms with Crippen LogP contribution in [0.15, 0.2) is 28.8 Å². The first-order valence-electron chi connectivity index (χ1n) is 3.55. The van der Waals surface area contributed by atoms with E-state index in [0.29, 0.717) is 0 Å². The average molecular weight is 163 g/mol. The Hall–Kier alpha value is -1.64. The van der Waals surface area contributed by atoms with Gasteiger partial charge >= 0.3 is 0 Å². The van der Waals surface area contributed by atoms with E-state index < -0.39 is 0 Å². The van der Waals surface area contributed by atoms with Crippen LogP contribution in [0.3, 0.4) is 0 Å². The summed E-state index contributed by atoms with van der Waals surface area (Å²) in [6.07, 6.45) is 7.25. The second kappa shape index (κ2) is 4.28. The van der Waals surface area contributed by atoms with Crippen LogP contribution in [-0.4, -0.2) is 11.4 Å². The Kier molecular flexibility index (Phi) is 3.02. The number of carbonyl (C=O) groups is 1. The van der Waals surface area contributed by atoms with E-state index in [1.807, 2.05) is 13.0 Å². The van der Waals surface area contributed by atoms with Gasteiger partial charge in [-0.15, -0.1) is 0 Å². The number of carbonyl (C=O) groups excluding carboxylic acids is 1. The van der Waals surface area contributed by atoms with Crippen molar-refractivity contribution in [3.63, 3.8) is 0 Å². The van der Waals surface area contributed by atoms with Crippen molar-refractivity contribution in [3.05, 3.63) is 35.7 Å². The summed E-state index contributed by atoms with van der Waals surface area (Å²) in [6, 6.07) is 1.81. The minimum Gasteiger partial charge on any atom is -0.361 e. The Bertz CT molecular complexity index is 310. The van der Waals surface area contributed by atoms with Gasteiger partial charge in [0.1, 0.15) is 17.7 Å². The first-order chi connectivity index (χ1) is 5.83. The highest BCUT2D eigenvalue weighted by atomic mass is 16.5. The predicted molar refractivity (Wildman–Crippen MR) is 45.5 cm³/mol. The summed E-state index contributed by atoms with van der Waals surface area (Å²) in [7, 11) is 0. The lowest BCUT2D eigenvalue weighted by Gasteiger charge is -1.74. The molecule has 0 N–H and O–H groups in total. The SMILES string of the molecule is Cc1cc(/C=C/C=C\C=O)no1. The van der Waals surface area contributed by atoms with Crippen molar-refractivity contribution in [2.45, 2.75) is 6.92 Å². The van der Waals surface area contributed by atoms with Crippen LogP contribution >= 0.6 is 0 Å². The fraction of sp³-hybridized carbons (Fsp3) is 0.111. The Morgan fingerprint density at radius 2 is 2.25 bits per heavy atom. The van der Waals surface area contributed by atoms with Gasteiger partial charge in [-0.1, -0.05) is 17.3 Å². The molecule has 0 fully saturated rings. The summed E-state index contributed by atoms with van der Waals surface area (Å²) in [5.74, 6) is 0.772. The molecular formula is C9H9NO2. The van der Waals surface area contributed by atoms with Crippen LogP contribution in [-0.2, 0) is 4.79 Å². The lowest BCUT2D eigenvalue weighted by Crippen LogP contribution is -1.65. The van der Waals surface area contributed by atoms with Crippen molar-refractivity contribution in [1.29, 1.82) is 0 Å². The molecule has 62 valence electrons. The zero-order valence-corrected chi connectivity index (χ0v) is 6.73. The number of allylic oxidation sites excluding steroid dienone is 3. The molecule has 0 amide bonds. The van der Waals surface area contributed by atoms with E-state index in [1.54, 1.807) is 18.2 Å². The van der Waals surface area contributed by atoms with E-state index in [0.717, 1.165) is 17.7 Å². The van der Waals surface area contributed by atoms with E-state index in [9.17, 15) is 4.79 Å². The third kappa shape index (κ3) is 2.54. The molecule has 3 heteroatoms. The number of aromatic nitrogens is 1. The number of aldehydes is 1. The van der Waals surface area contributed by atoms with Crippen LogP contribution in [0.4, 0.5) is 0 Å². The Morgan fingerprint density at radius 1 is 1.42 bits per heavy atom. The summed E-state index contributed by atoms with van der Waals surface area (Å²) in [4.78, 5) is 9.87. The molecule has 1 rings (SSSR count). The van der Waals surface area contributed by atoms with Gasteiger partial charge in [0.2, 0.25) is 0 Å². The largest absolute Gasteiger partial charge is 0.361 e. The first-order valence-corrected chi connectivity index (χ1v) is 3.55. The van der Waals surface area contributed by atoms with Crippen LogP contribution in [0.1, 0.15) is 11.5 Å². The second-order valence-electron chi connectivity index (χ2n) is 2.24. The van der Waals surface area contributed by atoms with Gasteiger partial charge in [0.25, 0.3) is 0 Å². The van der Waals surface area contributed by atoms with Crippen molar-refractivity contribution in [3.8, 4) is 0 Å². The van der Waals surface area contributed by atoms with E-state index in [4.69, 9.17) is 4.52 Å². The van der Waals surface area contributed by atoms with Crippen molar-refractivity contribution in [1.82, 2.24) is 5.16 Å². The van der Waals surface area contributed by atoms with Crippen molar-refractivity contribution in [2.24, 2.45) is 0 Å². The molecule has 0 aromatic carbocycles. The quantitative estimate of drug-likeness (QED) is 0.387. The number of rotatable bonds is 3. The minimum absolute atomic E-state index is 0.721. The standard InChI is InChI=1S/C9H9NO2/c1-8-7-9(10-12-8)5-3-2-4-6-11/h2-7H,1H3/b4-2-,5-3+. The minimum atomic E-state index is 0.721. The molecular weight excluding hydrogens is 154 g/mol. The molecule has 0 bridgehead atoms. The Labute approximate surface area is 70.4 Å². The lowest BCUT2D eigenvalue weighted by molar-refractivity contribution is -0.104. The summed E-state index contributed by atoms with van der Waals surface area (Å²) >= 11 is 0. The van der Waals surface area contributed by atoms with Crippen LogP contribution in [0.25, 0.3) is 6.08 Å². The number of hydrogen-bond donors (Lipinski definition) is 0. The van der Waals surface area contributed by atoms with Gasteiger partial charge in [-0.25, -0.2) is 0 Å². The van der Waals surface area contributed by atoms with Crippen LogP contribution in [0, 0.1) is 6.92 Å². The maximum absolute atomic E-state index is 9.87. The van der Waals surface area contributed by atoms with Crippen molar-refractivity contribution >= 4 is 12.4 Å². The van der Waals surface area contributed by atoms with Gasteiger partial charge in [0.05, 0.1) is 0 Å². The average Bonchev–Trinajstić information content (AvgIpc) is 2.45. The molecule has 0 aliphatic heterocycles. The topological polar surface area (TPSA) is 43.1 Å². The highest BCUT2D eigenvalue weighted by Crippen LogP contribution is 2.02. The molecule has 1 aromatic rings. The highest BCUT2D eigenvalue weighted by Gasteiger charge is 1.92. The summed E-state index contributed by atoms with van der Waals surface area (Å²) in [6.45, 7) is 1.82. The molecule has 1 heterocycles. The van der Waals surface area contributed by atoms with Crippen LogP contribution in [0.2, 0.25) is 0 Å². The van der Waals surface area contributed by atoms with Crippen LogP contribution in [0.5, 0.6) is 0 Å². The van der Waals surface area contributed by atoms with Gasteiger partial charge in [-0.2, -0.15) is 0 Å². The van der Waals surface area contributed by atoms with E-state index >= 15 is 0 Å². The molecule has 0 aliphatic rings. The maximum Gasteiger partial charge on any atom is 0.142 e. The van der Waals surface area contributed by atoms with Gasteiger partial charge < -0.3 is 4.52 Å². The first kappa shape index (κ1) is 8.46. The maximum atomic E-state index is 9.87. The molecule has 0 saturated heterocycles. The van der Waals surface area contributed by atoms with Gasteiger partial charge in [-0.3, -0.25) is 4.79 Å². The second-order valence-corrected chi connectivity index (χ2v) is 2.24. The third-order valence-electron chi connectivity index (χ3n) is 1.21. The zero-order valence-electron chi connectivity index (χ0n) is 6.73. The molecule has 0 unspecified atom stereocenters. The molecule has 12 heavy (non-hydrogen) atoms. The summed E-state index contributed by atoms with van der Waals surface area (Å²) in [5.41, 5.74) is 0.753. The highest BCUT2D eigenvalue weighted by molar-refractivity contribution is 5.66. The third-order valence-corrected chi connectivity index (χ3v) is 1.21. The molecule has 3 nitrogen and oxygen atoms in total. The van der Waals surface area contributed by atoms with Crippen molar-refractivity contribution in [2.75, 3.05) is 0 Å². The van der Waals surface area contributed by atoms with E-state index in [-0.39, 0.29) is 0 Å². The number of nitrogens with zero attached hydrogens (tertiary/aromatic N) is 1. The van der Waals surface area contributed by atoms with E-state index in [1.165, 1.54) is 6.08 Å². The fourth-order valence-corrected chi connectivity index (χ4v) is 0.728. The van der Waals surface area contributed by atoms with Crippen LogP contribution < -0.4 is 0 Å². The summed E-state index contributed by atoms with van der Waals surface area (Å²) in [5, 5.41) is 3.73. The smallest absolute Gasteiger partial charge is 0.142 e. The number of aryl methyl sites for hydroxylation is 1. The number of hydrogen-bond acceptors (Lipinski definition) is 3.